The summed E-state index contributed by atoms with van der Waals surface area (Å²) in [5.41, 5.74) is 6.37. The van der Waals surface area contributed by atoms with E-state index in [0.717, 1.165) is 38.7 Å². The molecule has 0 unspecified atom stereocenters. The van der Waals surface area contributed by atoms with Crippen LogP contribution in [0.25, 0.3) is 34.3 Å². The van der Waals surface area contributed by atoms with Crippen molar-refractivity contribution >= 4 is 29.6 Å². The highest BCUT2D eigenvalue weighted by Crippen LogP contribution is 2.37. The van der Waals surface area contributed by atoms with Gasteiger partial charge in [-0.25, -0.2) is 9.69 Å². The molecule has 6 nitrogen and oxygen atoms in total. The summed E-state index contributed by atoms with van der Waals surface area (Å²) in [5.74, 6) is -1.40. The Hall–Kier alpha value is -5.49. The van der Waals surface area contributed by atoms with Crippen LogP contribution in [-0.2, 0) is 9.59 Å². The van der Waals surface area contributed by atoms with Gasteiger partial charge in [0.15, 0.2) is 0 Å². The van der Waals surface area contributed by atoms with Crippen molar-refractivity contribution < 1.29 is 14.4 Å². The molecule has 194 valence electrons. The van der Waals surface area contributed by atoms with Crippen LogP contribution in [0.3, 0.4) is 0 Å². The number of hydrogen-bond acceptors (Lipinski definition) is 3. The van der Waals surface area contributed by atoms with E-state index in [1.54, 1.807) is 24.3 Å². The number of anilines is 1. The number of barbiturate groups is 1. The van der Waals surface area contributed by atoms with Crippen molar-refractivity contribution in [3.8, 4) is 28.2 Å². The van der Waals surface area contributed by atoms with E-state index in [1.165, 1.54) is 0 Å². The molecular formula is C34H25N3O3. The fourth-order valence-electron chi connectivity index (χ4n) is 5.01. The van der Waals surface area contributed by atoms with Gasteiger partial charge in [-0.05, 0) is 60.0 Å². The smallest absolute Gasteiger partial charge is 0.309 e. The van der Waals surface area contributed by atoms with Crippen LogP contribution in [0.1, 0.15) is 11.1 Å². The molecule has 1 aliphatic rings. The monoisotopic (exact) mass is 523 g/mol. The van der Waals surface area contributed by atoms with E-state index in [4.69, 9.17) is 0 Å². The number of imide groups is 2. The van der Waals surface area contributed by atoms with Gasteiger partial charge < -0.3 is 4.57 Å². The Bertz CT molecular complexity index is 1770. The second-order valence-corrected chi connectivity index (χ2v) is 9.53. The first-order valence-electron chi connectivity index (χ1n) is 12.9. The van der Waals surface area contributed by atoms with Crippen LogP contribution in [0, 0.1) is 6.92 Å². The third-order valence-electron chi connectivity index (χ3n) is 6.82. The van der Waals surface area contributed by atoms with Crippen molar-refractivity contribution in [2.24, 2.45) is 0 Å². The fourth-order valence-corrected chi connectivity index (χ4v) is 5.01. The highest BCUT2D eigenvalue weighted by atomic mass is 16.2. The second-order valence-electron chi connectivity index (χ2n) is 9.53. The number of hydrogen-bond donors (Lipinski definition) is 1. The van der Waals surface area contributed by atoms with Crippen LogP contribution in [0.2, 0.25) is 0 Å². The molecule has 2 heterocycles. The molecule has 6 heteroatoms. The molecule has 1 aromatic heterocycles. The van der Waals surface area contributed by atoms with Gasteiger partial charge in [-0.1, -0.05) is 91.0 Å². The number of benzene rings is 4. The van der Waals surface area contributed by atoms with Crippen LogP contribution >= 0.6 is 0 Å². The largest absolute Gasteiger partial charge is 0.335 e. The first-order valence-corrected chi connectivity index (χ1v) is 12.9. The first-order chi connectivity index (χ1) is 19.5. The summed E-state index contributed by atoms with van der Waals surface area (Å²) in [7, 11) is 0. The van der Waals surface area contributed by atoms with Gasteiger partial charge in [-0.2, -0.15) is 0 Å². The number of aryl methyl sites for hydroxylation is 1. The van der Waals surface area contributed by atoms with Gasteiger partial charge in [0, 0.05) is 11.3 Å². The van der Waals surface area contributed by atoms with Gasteiger partial charge in [0.1, 0.15) is 5.57 Å². The number of urea groups is 1. The number of para-hydroxylation sites is 1. The zero-order valence-electron chi connectivity index (χ0n) is 21.7. The molecule has 1 saturated heterocycles. The Morgan fingerprint density at radius 3 is 1.90 bits per heavy atom. The molecular weight excluding hydrogens is 498 g/mol. The molecule has 0 saturated carbocycles. The van der Waals surface area contributed by atoms with Gasteiger partial charge in [0.05, 0.1) is 17.1 Å². The van der Waals surface area contributed by atoms with Crippen LogP contribution < -0.4 is 10.2 Å². The normalized spacial score (nSPS) is 14.5. The maximum atomic E-state index is 13.7. The summed E-state index contributed by atoms with van der Waals surface area (Å²) in [4.78, 5) is 40.6. The number of carbonyl (C=O) groups excluding carboxylic acids is 3. The summed E-state index contributed by atoms with van der Waals surface area (Å²) < 4.78 is 2.13. The number of amides is 4. The van der Waals surface area contributed by atoms with E-state index >= 15 is 0 Å². The van der Waals surface area contributed by atoms with E-state index in [9.17, 15) is 14.4 Å². The molecule has 4 amide bonds. The van der Waals surface area contributed by atoms with Gasteiger partial charge in [-0.15, -0.1) is 0 Å². The van der Waals surface area contributed by atoms with E-state index in [0.29, 0.717) is 11.3 Å². The molecule has 0 aliphatic carbocycles. The third kappa shape index (κ3) is 4.52. The minimum atomic E-state index is -0.770. The number of carbonyl (C=O) groups is 3. The standard InChI is InChI=1S/C34H25N3O3/c1-23-12-11-19-28(20-23)37-33(39)29(32(38)35-34(37)40)21-26-22-30(24-13-5-2-6-14-24)36(27-17-9-4-10-18-27)31(26)25-15-7-3-8-16-25/h2-22H,1H3,(H,35,38,40)/b29-21-. The maximum Gasteiger partial charge on any atom is 0.335 e. The summed E-state index contributed by atoms with van der Waals surface area (Å²) in [5, 5.41) is 2.34. The highest BCUT2D eigenvalue weighted by molar-refractivity contribution is 6.39. The number of rotatable bonds is 5. The summed E-state index contributed by atoms with van der Waals surface area (Å²) >= 11 is 0. The molecule has 4 aromatic carbocycles. The van der Waals surface area contributed by atoms with E-state index in [2.05, 4.69) is 9.88 Å². The fraction of sp³-hybridized carbons (Fsp3) is 0.0294. The molecule has 5 aromatic rings. The molecule has 1 N–H and O–H groups in total. The van der Waals surface area contributed by atoms with Gasteiger partial charge in [-0.3, -0.25) is 14.9 Å². The van der Waals surface area contributed by atoms with Crippen molar-refractivity contribution in [3.05, 3.63) is 138 Å². The lowest BCUT2D eigenvalue weighted by atomic mass is 10.0. The quantitative estimate of drug-likeness (QED) is 0.204. The zero-order valence-corrected chi connectivity index (χ0v) is 21.7. The molecule has 0 radical (unpaired) electrons. The van der Waals surface area contributed by atoms with Crippen LogP contribution in [-0.4, -0.2) is 22.4 Å². The molecule has 0 bridgehead atoms. The molecule has 1 aliphatic heterocycles. The highest BCUT2D eigenvalue weighted by Gasteiger charge is 2.37. The Labute approximate surface area is 231 Å². The molecule has 0 spiro atoms. The van der Waals surface area contributed by atoms with E-state index in [1.807, 2.05) is 110 Å². The molecule has 0 atom stereocenters. The maximum absolute atomic E-state index is 13.7. The van der Waals surface area contributed by atoms with Crippen LogP contribution in [0.4, 0.5) is 10.5 Å². The van der Waals surface area contributed by atoms with Gasteiger partial charge in [0.25, 0.3) is 11.8 Å². The predicted octanol–water partition coefficient (Wildman–Crippen LogP) is 6.79. The Morgan fingerprint density at radius 1 is 0.650 bits per heavy atom. The van der Waals surface area contributed by atoms with Crippen molar-refractivity contribution in [1.29, 1.82) is 0 Å². The number of nitrogens with zero attached hydrogens (tertiary/aromatic N) is 2. The number of aromatic nitrogens is 1. The van der Waals surface area contributed by atoms with Gasteiger partial charge in [0.2, 0.25) is 0 Å². The summed E-state index contributed by atoms with van der Waals surface area (Å²) in [6, 6.07) is 38.0. The first kappa shape index (κ1) is 24.8. The zero-order chi connectivity index (χ0) is 27.6. The van der Waals surface area contributed by atoms with E-state index in [-0.39, 0.29) is 5.57 Å². The van der Waals surface area contributed by atoms with Crippen molar-refractivity contribution in [2.45, 2.75) is 6.92 Å². The Balaban J connectivity index is 1.59. The summed E-state index contributed by atoms with van der Waals surface area (Å²) in [6.45, 7) is 1.88. The van der Waals surface area contributed by atoms with Crippen molar-refractivity contribution in [3.63, 3.8) is 0 Å². The average Bonchev–Trinajstić information content (AvgIpc) is 3.36. The molecule has 40 heavy (non-hydrogen) atoms. The molecule has 6 rings (SSSR count). The minimum absolute atomic E-state index is 0.122. The van der Waals surface area contributed by atoms with Crippen molar-refractivity contribution in [2.75, 3.05) is 4.90 Å². The molecule has 1 fully saturated rings. The lowest BCUT2D eigenvalue weighted by molar-refractivity contribution is -0.122. The van der Waals surface area contributed by atoms with Gasteiger partial charge >= 0.3 is 6.03 Å². The van der Waals surface area contributed by atoms with Crippen LogP contribution in [0.15, 0.2) is 127 Å². The third-order valence-corrected chi connectivity index (χ3v) is 6.82. The minimum Gasteiger partial charge on any atom is -0.309 e. The lowest BCUT2D eigenvalue weighted by Gasteiger charge is -2.26. The Morgan fingerprint density at radius 2 is 1.25 bits per heavy atom. The average molecular weight is 524 g/mol. The lowest BCUT2D eigenvalue weighted by Crippen LogP contribution is -2.54. The van der Waals surface area contributed by atoms with E-state index < -0.39 is 17.8 Å². The van der Waals surface area contributed by atoms with Crippen molar-refractivity contribution in [1.82, 2.24) is 9.88 Å². The SMILES string of the molecule is Cc1cccc(N2C(=O)NC(=O)/C(=C/c3cc(-c4ccccc4)n(-c4ccccc4)c3-c3ccccc3)C2=O)c1. The van der Waals surface area contributed by atoms with Crippen LogP contribution in [0.5, 0.6) is 0 Å². The predicted molar refractivity (Wildman–Crippen MR) is 157 cm³/mol. The Kier molecular flexibility index (Phi) is 6.42. The second kappa shape index (κ2) is 10.3. The topological polar surface area (TPSA) is 71.4 Å². The number of nitrogens with one attached hydrogen (secondary N) is 1. The summed E-state index contributed by atoms with van der Waals surface area (Å²) in [6.07, 6.45) is 1.58.